The summed E-state index contributed by atoms with van der Waals surface area (Å²) in [5.41, 5.74) is 0.711. The molecule has 6 heteroatoms. The molecule has 0 spiro atoms. The van der Waals surface area contributed by atoms with Crippen LogP contribution in [0.2, 0.25) is 0 Å². The second-order valence-electron chi connectivity index (χ2n) is 7.55. The minimum absolute atomic E-state index is 0.209. The Hall–Kier alpha value is -1.66. The molecule has 27 heavy (non-hydrogen) atoms. The minimum atomic E-state index is -0.239. The molecule has 2 rings (SSSR count). The van der Waals surface area contributed by atoms with Crippen molar-refractivity contribution < 1.29 is 13.9 Å². The van der Waals surface area contributed by atoms with Crippen molar-refractivity contribution in [3.05, 3.63) is 35.6 Å². The quantitative estimate of drug-likeness (QED) is 0.393. The monoisotopic (exact) mass is 379 g/mol. The molecule has 1 aliphatic heterocycles. The normalized spacial score (nSPS) is 16.4. The lowest BCUT2D eigenvalue weighted by molar-refractivity contribution is -0.0320. The van der Waals surface area contributed by atoms with Gasteiger partial charge in [0.1, 0.15) is 5.82 Å². The molecule has 0 bridgehead atoms. The van der Waals surface area contributed by atoms with Gasteiger partial charge in [0.25, 0.3) is 0 Å². The van der Waals surface area contributed by atoms with Gasteiger partial charge in [0, 0.05) is 38.3 Å². The molecule has 1 saturated heterocycles. The molecular weight excluding hydrogens is 345 g/mol. The number of benzene rings is 1. The molecule has 152 valence electrons. The lowest BCUT2D eigenvalue weighted by Gasteiger charge is -2.24. The van der Waals surface area contributed by atoms with Gasteiger partial charge in [0.05, 0.1) is 12.6 Å². The Morgan fingerprint density at radius 2 is 2.07 bits per heavy atom. The molecular formula is C21H34FN3O2. The average molecular weight is 380 g/mol. The summed E-state index contributed by atoms with van der Waals surface area (Å²) in [4.78, 5) is 4.69. The van der Waals surface area contributed by atoms with Crippen molar-refractivity contribution in [1.82, 2.24) is 10.6 Å². The fourth-order valence-corrected chi connectivity index (χ4v) is 2.99. The van der Waals surface area contributed by atoms with Gasteiger partial charge in [-0.1, -0.05) is 26.0 Å². The first-order chi connectivity index (χ1) is 13.0. The Morgan fingerprint density at radius 1 is 1.30 bits per heavy atom. The van der Waals surface area contributed by atoms with E-state index in [9.17, 15) is 4.39 Å². The van der Waals surface area contributed by atoms with Gasteiger partial charge in [0.2, 0.25) is 0 Å². The number of guanidine groups is 1. The van der Waals surface area contributed by atoms with Gasteiger partial charge in [-0.2, -0.15) is 0 Å². The van der Waals surface area contributed by atoms with Crippen LogP contribution in [-0.2, 0) is 14.9 Å². The number of hydrogen-bond acceptors (Lipinski definition) is 3. The van der Waals surface area contributed by atoms with E-state index in [1.807, 2.05) is 13.0 Å². The van der Waals surface area contributed by atoms with Crippen molar-refractivity contribution in [2.24, 2.45) is 4.99 Å². The number of nitrogens with zero attached hydrogens (tertiary/aromatic N) is 1. The lowest BCUT2D eigenvalue weighted by Crippen LogP contribution is -2.39. The van der Waals surface area contributed by atoms with Gasteiger partial charge in [-0.3, -0.25) is 4.99 Å². The molecule has 1 heterocycles. The summed E-state index contributed by atoms with van der Waals surface area (Å²) in [6.45, 7) is 10.7. The first-order valence-corrected chi connectivity index (χ1v) is 9.99. The average Bonchev–Trinajstić information content (AvgIpc) is 2.66. The number of nitrogens with one attached hydrogen (secondary N) is 2. The fourth-order valence-electron chi connectivity index (χ4n) is 2.99. The smallest absolute Gasteiger partial charge is 0.191 e. The third-order valence-electron chi connectivity index (χ3n) is 4.72. The third kappa shape index (κ3) is 7.85. The zero-order valence-corrected chi connectivity index (χ0v) is 16.9. The highest BCUT2D eigenvalue weighted by Crippen LogP contribution is 2.24. The number of aliphatic imine (C=N–C) groups is 1. The van der Waals surface area contributed by atoms with Crippen LogP contribution in [-0.4, -0.2) is 51.5 Å². The summed E-state index contributed by atoms with van der Waals surface area (Å²) in [5, 5.41) is 6.62. The van der Waals surface area contributed by atoms with Crippen LogP contribution >= 0.6 is 0 Å². The predicted octanol–water partition coefficient (Wildman–Crippen LogP) is 3.24. The number of hydrogen-bond donors (Lipinski definition) is 2. The summed E-state index contributed by atoms with van der Waals surface area (Å²) < 4.78 is 24.7. The molecule has 0 aromatic heterocycles. The second-order valence-corrected chi connectivity index (χ2v) is 7.55. The number of ether oxygens (including phenoxy) is 2. The maximum atomic E-state index is 13.5. The third-order valence-corrected chi connectivity index (χ3v) is 4.72. The van der Waals surface area contributed by atoms with Crippen LogP contribution in [0.3, 0.4) is 0 Å². The molecule has 0 saturated carbocycles. The Morgan fingerprint density at radius 3 is 2.78 bits per heavy atom. The van der Waals surface area contributed by atoms with E-state index in [2.05, 4.69) is 24.5 Å². The van der Waals surface area contributed by atoms with Crippen molar-refractivity contribution in [3.63, 3.8) is 0 Å². The van der Waals surface area contributed by atoms with Gasteiger partial charge in [-0.15, -0.1) is 0 Å². The number of halogens is 1. The van der Waals surface area contributed by atoms with Crippen LogP contribution in [0.15, 0.2) is 29.3 Å². The molecule has 1 aliphatic rings. The van der Waals surface area contributed by atoms with Crippen LogP contribution in [0, 0.1) is 5.82 Å². The van der Waals surface area contributed by atoms with E-state index in [0.717, 1.165) is 63.7 Å². The molecule has 0 aliphatic carbocycles. The maximum absolute atomic E-state index is 13.5. The van der Waals surface area contributed by atoms with Gasteiger partial charge >= 0.3 is 0 Å². The zero-order valence-electron chi connectivity index (χ0n) is 16.9. The van der Waals surface area contributed by atoms with Gasteiger partial charge in [0.15, 0.2) is 5.96 Å². The first kappa shape index (κ1) is 21.6. The van der Waals surface area contributed by atoms with Gasteiger partial charge in [-0.05, 0) is 43.9 Å². The highest BCUT2D eigenvalue weighted by atomic mass is 19.1. The highest BCUT2D eigenvalue weighted by molar-refractivity contribution is 5.79. The topological polar surface area (TPSA) is 54.9 Å². The molecule has 2 N–H and O–H groups in total. The van der Waals surface area contributed by atoms with Crippen LogP contribution in [0.4, 0.5) is 4.39 Å². The van der Waals surface area contributed by atoms with Crippen molar-refractivity contribution in [2.75, 3.05) is 39.5 Å². The molecule has 0 radical (unpaired) electrons. The molecule has 5 nitrogen and oxygen atoms in total. The summed E-state index contributed by atoms with van der Waals surface area (Å²) in [6, 6.07) is 6.75. The van der Waals surface area contributed by atoms with E-state index < -0.39 is 0 Å². The fraction of sp³-hybridized carbons (Fsp3) is 0.667. The summed E-state index contributed by atoms with van der Waals surface area (Å²) in [6.07, 6.45) is 3.25. The Balaban J connectivity index is 1.77. The molecule has 1 aromatic rings. The van der Waals surface area contributed by atoms with E-state index in [1.54, 1.807) is 12.1 Å². The van der Waals surface area contributed by atoms with Gasteiger partial charge in [-0.25, -0.2) is 4.39 Å². The van der Waals surface area contributed by atoms with E-state index in [-0.39, 0.29) is 11.2 Å². The number of rotatable bonds is 9. The van der Waals surface area contributed by atoms with Crippen LogP contribution in [0.25, 0.3) is 0 Å². The van der Waals surface area contributed by atoms with Crippen molar-refractivity contribution >= 4 is 5.96 Å². The summed E-state index contributed by atoms with van der Waals surface area (Å²) in [7, 11) is 0. The van der Waals surface area contributed by atoms with E-state index in [1.165, 1.54) is 6.07 Å². The summed E-state index contributed by atoms with van der Waals surface area (Å²) >= 11 is 0. The van der Waals surface area contributed by atoms with Gasteiger partial charge < -0.3 is 20.1 Å². The van der Waals surface area contributed by atoms with E-state index >= 15 is 0 Å². The first-order valence-electron chi connectivity index (χ1n) is 9.99. The maximum Gasteiger partial charge on any atom is 0.191 e. The molecule has 0 amide bonds. The second kappa shape index (κ2) is 11.2. The van der Waals surface area contributed by atoms with Crippen LogP contribution < -0.4 is 10.6 Å². The summed E-state index contributed by atoms with van der Waals surface area (Å²) in [5.74, 6) is 0.576. The van der Waals surface area contributed by atoms with Crippen LogP contribution in [0.1, 0.15) is 45.6 Å². The van der Waals surface area contributed by atoms with Crippen molar-refractivity contribution in [1.29, 1.82) is 0 Å². The Kier molecular flexibility index (Phi) is 9.01. The molecule has 1 aromatic carbocycles. The Bertz CT molecular complexity index is 587. The largest absolute Gasteiger partial charge is 0.381 e. The highest BCUT2D eigenvalue weighted by Gasteiger charge is 2.21. The van der Waals surface area contributed by atoms with E-state index in [4.69, 9.17) is 14.5 Å². The van der Waals surface area contributed by atoms with Crippen molar-refractivity contribution in [2.45, 2.75) is 51.6 Å². The van der Waals surface area contributed by atoms with E-state index in [0.29, 0.717) is 12.6 Å². The predicted molar refractivity (Wildman–Crippen MR) is 108 cm³/mol. The SMILES string of the molecule is CCNC(=NCC(C)(C)c1cccc(F)c1)NCCCOC1CCOCC1. The standard InChI is InChI=1S/C21H34FN3O2/c1-4-23-20(24-11-6-12-27-19-9-13-26-14-10-19)25-16-21(2,3)17-7-5-8-18(22)15-17/h5,7-8,15,19H,4,6,9-14,16H2,1-3H3,(H2,23,24,25). The zero-order chi connectivity index (χ0) is 19.5. The molecule has 0 unspecified atom stereocenters. The van der Waals surface area contributed by atoms with Crippen molar-refractivity contribution in [3.8, 4) is 0 Å². The Labute approximate surface area is 162 Å². The molecule has 1 fully saturated rings. The van der Waals surface area contributed by atoms with Crippen LogP contribution in [0.5, 0.6) is 0 Å². The molecule has 0 atom stereocenters. The lowest BCUT2D eigenvalue weighted by atomic mass is 9.85. The minimum Gasteiger partial charge on any atom is -0.381 e.